The van der Waals surface area contributed by atoms with Gasteiger partial charge in [-0.05, 0) is 44.2 Å². The van der Waals surface area contributed by atoms with E-state index in [0.717, 1.165) is 24.3 Å². The Morgan fingerprint density at radius 1 is 1.40 bits per heavy atom. The molecule has 2 unspecified atom stereocenters. The Hall–Kier alpha value is -1.39. The standard InChI is InChI=1S/C16H18FNOS/c1-10-3-6-16(20-10)11(2)18-9-14-8-12-7-13(17)4-5-15(12)19-14/h3-7,11,14,18H,8-9H2,1-2H3. The van der Waals surface area contributed by atoms with E-state index in [2.05, 4.69) is 31.3 Å². The minimum absolute atomic E-state index is 0.0929. The summed E-state index contributed by atoms with van der Waals surface area (Å²) in [6.07, 6.45) is 0.867. The van der Waals surface area contributed by atoms with Crippen LogP contribution < -0.4 is 10.1 Å². The van der Waals surface area contributed by atoms with Crippen molar-refractivity contribution in [1.29, 1.82) is 0 Å². The number of hydrogen-bond acceptors (Lipinski definition) is 3. The molecule has 1 aromatic carbocycles. The lowest BCUT2D eigenvalue weighted by Crippen LogP contribution is -2.31. The van der Waals surface area contributed by atoms with E-state index in [4.69, 9.17) is 4.74 Å². The molecule has 2 heterocycles. The smallest absolute Gasteiger partial charge is 0.123 e. The Morgan fingerprint density at radius 3 is 3.00 bits per heavy atom. The number of fused-ring (bicyclic) bond motifs is 1. The van der Waals surface area contributed by atoms with E-state index in [1.54, 1.807) is 12.1 Å². The number of rotatable bonds is 4. The Labute approximate surface area is 122 Å². The zero-order valence-electron chi connectivity index (χ0n) is 11.7. The lowest BCUT2D eigenvalue weighted by molar-refractivity contribution is 0.223. The van der Waals surface area contributed by atoms with Crippen molar-refractivity contribution in [3.05, 3.63) is 51.5 Å². The summed E-state index contributed by atoms with van der Waals surface area (Å²) in [4.78, 5) is 2.66. The maximum atomic E-state index is 13.2. The first-order valence-electron chi connectivity index (χ1n) is 6.86. The zero-order valence-corrected chi connectivity index (χ0v) is 12.5. The van der Waals surface area contributed by atoms with Gasteiger partial charge in [-0.2, -0.15) is 0 Å². The Kier molecular flexibility index (Phi) is 3.76. The normalized spacial score (nSPS) is 18.6. The molecular formula is C16H18FNOS. The fourth-order valence-corrected chi connectivity index (χ4v) is 3.40. The average Bonchev–Trinajstić information content (AvgIpc) is 3.01. The Balaban J connectivity index is 1.56. The van der Waals surface area contributed by atoms with Crippen molar-refractivity contribution in [1.82, 2.24) is 5.32 Å². The van der Waals surface area contributed by atoms with Crippen molar-refractivity contribution in [2.24, 2.45) is 0 Å². The molecule has 1 aliphatic rings. The molecule has 106 valence electrons. The highest BCUT2D eigenvalue weighted by Gasteiger charge is 2.23. The number of hydrogen-bond donors (Lipinski definition) is 1. The van der Waals surface area contributed by atoms with Crippen LogP contribution >= 0.6 is 11.3 Å². The predicted octanol–water partition coefficient (Wildman–Crippen LogP) is 3.85. The van der Waals surface area contributed by atoms with Gasteiger partial charge in [0.1, 0.15) is 17.7 Å². The van der Waals surface area contributed by atoms with E-state index < -0.39 is 0 Å². The van der Waals surface area contributed by atoms with Gasteiger partial charge >= 0.3 is 0 Å². The molecule has 1 aromatic heterocycles. The second kappa shape index (κ2) is 5.54. The lowest BCUT2D eigenvalue weighted by Gasteiger charge is -2.16. The van der Waals surface area contributed by atoms with Crippen molar-refractivity contribution < 1.29 is 9.13 Å². The molecular weight excluding hydrogens is 273 g/mol. The maximum absolute atomic E-state index is 13.2. The summed E-state index contributed by atoms with van der Waals surface area (Å²) in [5.41, 5.74) is 0.969. The lowest BCUT2D eigenvalue weighted by atomic mass is 10.1. The van der Waals surface area contributed by atoms with Crippen LogP contribution in [-0.4, -0.2) is 12.6 Å². The first-order valence-corrected chi connectivity index (χ1v) is 7.68. The minimum Gasteiger partial charge on any atom is -0.488 e. The molecule has 2 aromatic rings. The third-order valence-electron chi connectivity index (χ3n) is 3.60. The van der Waals surface area contributed by atoms with E-state index in [1.165, 1.54) is 15.8 Å². The molecule has 2 atom stereocenters. The SMILES string of the molecule is Cc1ccc(C(C)NCC2Cc3cc(F)ccc3O2)s1. The third kappa shape index (κ3) is 2.86. The molecule has 0 amide bonds. The van der Waals surface area contributed by atoms with Crippen molar-refractivity contribution in [2.45, 2.75) is 32.4 Å². The van der Waals surface area contributed by atoms with Crippen molar-refractivity contribution in [3.63, 3.8) is 0 Å². The van der Waals surface area contributed by atoms with Gasteiger partial charge in [-0.25, -0.2) is 4.39 Å². The molecule has 20 heavy (non-hydrogen) atoms. The Bertz CT molecular complexity index is 610. The fraction of sp³-hybridized carbons (Fsp3) is 0.375. The monoisotopic (exact) mass is 291 g/mol. The summed E-state index contributed by atoms with van der Waals surface area (Å²) in [6.45, 7) is 5.05. The molecule has 0 bridgehead atoms. The second-order valence-corrected chi connectivity index (χ2v) is 6.59. The molecule has 0 radical (unpaired) electrons. The van der Waals surface area contributed by atoms with Gasteiger partial charge in [0, 0.05) is 34.3 Å². The largest absolute Gasteiger partial charge is 0.488 e. The van der Waals surface area contributed by atoms with Gasteiger partial charge in [0.15, 0.2) is 0 Å². The van der Waals surface area contributed by atoms with Gasteiger partial charge in [0.05, 0.1) is 0 Å². The molecule has 4 heteroatoms. The molecule has 3 rings (SSSR count). The molecule has 0 saturated heterocycles. The van der Waals surface area contributed by atoms with Crippen LogP contribution in [0.3, 0.4) is 0 Å². The van der Waals surface area contributed by atoms with Crippen molar-refractivity contribution in [2.75, 3.05) is 6.54 Å². The van der Waals surface area contributed by atoms with Gasteiger partial charge in [-0.3, -0.25) is 0 Å². The van der Waals surface area contributed by atoms with E-state index in [9.17, 15) is 4.39 Å². The Morgan fingerprint density at radius 2 is 2.25 bits per heavy atom. The summed E-state index contributed by atoms with van der Waals surface area (Å²) in [5.74, 6) is 0.626. The number of aryl methyl sites for hydroxylation is 1. The van der Waals surface area contributed by atoms with Gasteiger partial charge in [0.2, 0.25) is 0 Å². The molecule has 0 saturated carbocycles. The van der Waals surface area contributed by atoms with E-state index in [1.807, 2.05) is 11.3 Å². The van der Waals surface area contributed by atoms with Crippen LogP contribution in [0, 0.1) is 12.7 Å². The first-order chi connectivity index (χ1) is 9.61. The molecule has 2 nitrogen and oxygen atoms in total. The van der Waals surface area contributed by atoms with Crippen LogP contribution in [0.5, 0.6) is 5.75 Å². The average molecular weight is 291 g/mol. The minimum atomic E-state index is -0.191. The zero-order chi connectivity index (χ0) is 14.1. The first kappa shape index (κ1) is 13.6. The quantitative estimate of drug-likeness (QED) is 0.924. The van der Waals surface area contributed by atoms with Crippen LogP contribution in [0.1, 0.15) is 28.3 Å². The highest BCUT2D eigenvalue weighted by atomic mass is 32.1. The van der Waals surface area contributed by atoms with Crippen molar-refractivity contribution >= 4 is 11.3 Å². The second-order valence-electron chi connectivity index (χ2n) is 5.27. The topological polar surface area (TPSA) is 21.3 Å². The van der Waals surface area contributed by atoms with Crippen LogP contribution in [0.4, 0.5) is 4.39 Å². The summed E-state index contributed by atoms with van der Waals surface area (Å²) in [7, 11) is 0. The van der Waals surface area contributed by atoms with Gasteiger partial charge in [0.25, 0.3) is 0 Å². The van der Waals surface area contributed by atoms with E-state index in [-0.39, 0.29) is 11.9 Å². The van der Waals surface area contributed by atoms with Crippen LogP contribution in [0.2, 0.25) is 0 Å². The predicted molar refractivity (Wildman–Crippen MR) is 80.0 cm³/mol. The highest BCUT2D eigenvalue weighted by molar-refractivity contribution is 7.12. The van der Waals surface area contributed by atoms with Crippen molar-refractivity contribution in [3.8, 4) is 5.75 Å². The number of benzene rings is 1. The number of thiophene rings is 1. The number of halogens is 1. The van der Waals surface area contributed by atoms with Crippen LogP contribution in [0.15, 0.2) is 30.3 Å². The van der Waals surface area contributed by atoms with Gasteiger partial charge in [-0.15, -0.1) is 11.3 Å². The number of ether oxygens (including phenoxy) is 1. The summed E-state index contributed by atoms with van der Waals surface area (Å²) < 4.78 is 19.0. The molecule has 1 aliphatic heterocycles. The van der Waals surface area contributed by atoms with E-state index in [0.29, 0.717) is 6.04 Å². The molecule has 0 aliphatic carbocycles. The van der Waals surface area contributed by atoms with Crippen LogP contribution in [-0.2, 0) is 6.42 Å². The van der Waals surface area contributed by atoms with E-state index >= 15 is 0 Å². The third-order valence-corrected chi connectivity index (χ3v) is 4.79. The maximum Gasteiger partial charge on any atom is 0.123 e. The molecule has 0 fully saturated rings. The molecule has 1 N–H and O–H groups in total. The van der Waals surface area contributed by atoms with Gasteiger partial charge < -0.3 is 10.1 Å². The fourth-order valence-electron chi connectivity index (χ4n) is 2.50. The summed E-state index contributed by atoms with van der Waals surface area (Å²) in [6, 6.07) is 9.36. The van der Waals surface area contributed by atoms with Crippen LogP contribution in [0.25, 0.3) is 0 Å². The van der Waals surface area contributed by atoms with Gasteiger partial charge in [-0.1, -0.05) is 0 Å². The summed E-state index contributed by atoms with van der Waals surface area (Å²) in [5, 5.41) is 3.50. The number of nitrogens with one attached hydrogen (secondary N) is 1. The highest BCUT2D eigenvalue weighted by Crippen LogP contribution is 2.29. The summed E-state index contributed by atoms with van der Waals surface area (Å²) >= 11 is 1.81. The molecule has 0 spiro atoms.